The zero-order valence-electron chi connectivity index (χ0n) is 8.29. The fourth-order valence-corrected chi connectivity index (χ4v) is 1.02. The summed E-state index contributed by atoms with van der Waals surface area (Å²) in [5.41, 5.74) is 10.4. The summed E-state index contributed by atoms with van der Waals surface area (Å²) in [5.74, 6) is -0.733. The molecule has 0 aromatic rings. The monoisotopic (exact) mass is 223 g/mol. The Bertz CT molecular complexity index is 187. The molecular weight excluding hydrogens is 206 g/mol. The van der Waals surface area contributed by atoms with E-state index in [2.05, 4.69) is 5.32 Å². The van der Waals surface area contributed by atoms with Gasteiger partial charge in [0.25, 0.3) is 0 Å². The normalized spacial score (nSPS) is 11.3. The minimum absolute atomic E-state index is 0. The molecule has 0 aliphatic rings. The van der Waals surface area contributed by atoms with Crippen molar-refractivity contribution >= 4 is 24.2 Å². The van der Waals surface area contributed by atoms with Crippen LogP contribution in [0.25, 0.3) is 0 Å². The molecule has 0 saturated carbocycles. The number of carbonyl (C=O) groups excluding carboxylic acids is 2. The second-order valence-electron chi connectivity index (χ2n) is 2.94. The van der Waals surface area contributed by atoms with Gasteiger partial charge in [-0.1, -0.05) is 0 Å². The van der Waals surface area contributed by atoms with Gasteiger partial charge >= 0.3 is 0 Å². The molecule has 0 heterocycles. The number of amides is 2. The summed E-state index contributed by atoms with van der Waals surface area (Å²) >= 11 is 0. The van der Waals surface area contributed by atoms with Gasteiger partial charge in [0.2, 0.25) is 11.8 Å². The topological polar surface area (TPSA) is 98.2 Å². The molecular formula is C8H18ClN3O2. The Hall–Kier alpha value is -0.810. The first-order chi connectivity index (χ1) is 6.07. The first-order valence-corrected chi connectivity index (χ1v) is 4.34. The molecule has 5 N–H and O–H groups in total. The smallest absolute Gasteiger partial charge is 0.239 e. The zero-order valence-corrected chi connectivity index (χ0v) is 9.10. The van der Waals surface area contributed by atoms with Crippen LogP contribution in [0.1, 0.15) is 26.2 Å². The molecule has 0 fully saturated rings. The molecule has 5 nitrogen and oxygen atoms in total. The average molecular weight is 224 g/mol. The molecule has 0 radical (unpaired) electrons. The quantitative estimate of drug-likeness (QED) is 0.531. The molecule has 0 aliphatic carbocycles. The van der Waals surface area contributed by atoms with Gasteiger partial charge in [0, 0.05) is 6.92 Å². The SMILES string of the molecule is CC(=O)NC(CCCCN)C(N)=O.Cl. The molecule has 14 heavy (non-hydrogen) atoms. The number of nitrogens with one attached hydrogen (secondary N) is 1. The lowest BCUT2D eigenvalue weighted by atomic mass is 10.1. The molecule has 0 saturated heterocycles. The van der Waals surface area contributed by atoms with E-state index >= 15 is 0 Å². The van der Waals surface area contributed by atoms with Crippen molar-refractivity contribution in [2.75, 3.05) is 6.54 Å². The van der Waals surface area contributed by atoms with E-state index in [1.54, 1.807) is 0 Å². The third-order valence-electron chi connectivity index (χ3n) is 1.67. The third kappa shape index (κ3) is 7.82. The summed E-state index contributed by atoms with van der Waals surface area (Å²) in [6.45, 7) is 1.95. The van der Waals surface area contributed by atoms with Crippen LogP contribution in [0.2, 0.25) is 0 Å². The number of rotatable bonds is 6. The summed E-state index contributed by atoms with van der Waals surface area (Å²) in [6.07, 6.45) is 2.19. The average Bonchev–Trinajstić information content (AvgIpc) is 2.02. The molecule has 0 spiro atoms. The summed E-state index contributed by atoms with van der Waals surface area (Å²) in [5, 5.41) is 2.48. The van der Waals surface area contributed by atoms with Crippen LogP contribution >= 0.6 is 12.4 Å². The molecule has 2 amide bonds. The van der Waals surface area contributed by atoms with Crippen molar-refractivity contribution in [3.05, 3.63) is 0 Å². The lowest BCUT2D eigenvalue weighted by molar-refractivity contribution is -0.126. The van der Waals surface area contributed by atoms with Gasteiger partial charge in [0.05, 0.1) is 0 Å². The summed E-state index contributed by atoms with van der Waals surface area (Å²) < 4.78 is 0. The molecule has 0 aromatic carbocycles. The number of hydrogen-bond donors (Lipinski definition) is 3. The van der Waals surface area contributed by atoms with Crippen LogP contribution in [-0.2, 0) is 9.59 Å². The Kier molecular flexibility index (Phi) is 9.81. The predicted octanol–water partition coefficient (Wildman–Crippen LogP) is -0.473. The molecule has 0 aliphatic heterocycles. The van der Waals surface area contributed by atoms with Crippen molar-refractivity contribution in [2.24, 2.45) is 11.5 Å². The van der Waals surface area contributed by atoms with E-state index in [9.17, 15) is 9.59 Å². The Balaban J connectivity index is 0. The van der Waals surface area contributed by atoms with E-state index in [0.717, 1.165) is 12.8 Å². The van der Waals surface area contributed by atoms with Gasteiger partial charge in [-0.25, -0.2) is 0 Å². The standard InChI is InChI=1S/C8H17N3O2.ClH/c1-6(12)11-7(8(10)13)4-2-3-5-9;/h7H,2-5,9H2,1H3,(H2,10,13)(H,11,12);1H. The second kappa shape index (κ2) is 8.77. The zero-order chi connectivity index (χ0) is 10.3. The maximum absolute atomic E-state index is 10.8. The summed E-state index contributed by atoms with van der Waals surface area (Å²) in [6, 6.07) is -0.552. The van der Waals surface area contributed by atoms with Crippen LogP contribution in [0.15, 0.2) is 0 Å². The maximum atomic E-state index is 10.8. The molecule has 0 rings (SSSR count). The number of carbonyl (C=O) groups is 2. The Morgan fingerprint density at radius 2 is 1.93 bits per heavy atom. The molecule has 0 bridgehead atoms. The van der Waals surface area contributed by atoms with Crippen LogP contribution in [0, 0.1) is 0 Å². The Morgan fingerprint density at radius 1 is 1.36 bits per heavy atom. The van der Waals surface area contributed by atoms with Gasteiger partial charge in [-0.2, -0.15) is 0 Å². The largest absolute Gasteiger partial charge is 0.368 e. The second-order valence-corrected chi connectivity index (χ2v) is 2.94. The van der Waals surface area contributed by atoms with Crippen molar-refractivity contribution in [3.63, 3.8) is 0 Å². The predicted molar refractivity (Wildman–Crippen MR) is 57.0 cm³/mol. The molecule has 84 valence electrons. The number of hydrogen-bond acceptors (Lipinski definition) is 3. The van der Waals surface area contributed by atoms with Crippen molar-refractivity contribution in [1.29, 1.82) is 0 Å². The van der Waals surface area contributed by atoms with E-state index in [4.69, 9.17) is 11.5 Å². The highest BCUT2D eigenvalue weighted by Gasteiger charge is 2.14. The van der Waals surface area contributed by atoms with Crippen molar-refractivity contribution in [3.8, 4) is 0 Å². The van der Waals surface area contributed by atoms with Crippen molar-refractivity contribution < 1.29 is 9.59 Å². The van der Waals surface area contributed by atoms with Gasteiger partial charge in [-0.05, 0) is 25.8 Å². The van der Waals surface area contributed by atoms with Crippen LogP contribution in [0.4, 0.5) is 0 Å². The van der Waals surface area contributed by atoms with E-state index in [0.29, 0.717) is 13.0 Å². The van der Waals surface area contributed by atoms with Crippen molar-refractivity contribution in [1.82, 2.24) is 5.32 Å². The first-order valence-electron chi connectivity index (χ1n) is 4.34. The van der Waals surface area contributed by atoms with Crippen LogP contribution in [-0.4, -0.2) is 24.4 Å². The summed E-state index contributed by atoms with van der Waals surface area (Å²) in [7, 11) is 0. The van der Waals surface area contributed by atoms with Crippen molar-refractivity contribution in [2.45, 2.75) is 32.2 Å². The van der Waals surface area contributed by atoms with E-state index < -0.39 is 11.9 Å². The lowest BCUT2D eigenvalue weighted by Crippen LogP contribution is -2.43. The van der Waals surface area contributed by atoms with Crippen LogP contribution in [0.3, 0.4) is 0 Å². The molecule has 1 unspecified atom stereocenters. The maximum Gasteiger partial charge on any atom is 0.239 e. The van der Waals surface area contributed by atoms with Gasteiger partial charge in [-0.15, -0.1) is 12.4 Å². The summed E-state index contributed by atoms with van der Waals surface area (Å²) in [4.78, 5) is 21.5. The van der Waals surface area contributed by atoms with Gasteiger partial charge in [0.15, 0.2) is 0 Å². The highest BCUT2D eigenvalue weighted by molar-refractivity contribution is 5.85. The van der Waals surface area contributed by atoms with E-state index in [-0.39, 0.29) is 18.3 Å². The van der Waals surface area contributed by atoms with E-state index in [1.165, 1.54) is 6.92 Å². The fraction of sp³-hybridized carbons (Fsp3) is 0.750. The van der Waals surface area contributed by atoms with Gasteiger partial charge in [-0.3, -0.25) is 9.59 Å². The first kappa shape index (κ1) is 15.7. The van der Waals surface area contributed by atoms with Crippen LogP contribution in [0.5, 0.6) is 0 Å². The number of unbranched alkanes of at least 4 members (excludes halogenated alkanes) is 1. The molecule has 0 aromatic heterocycles. The van der Waals surface area contributed by atoms with Crippen LogP contribution < -0.4 is 16.8 Å². The Labute approximate surface area is 90.0 Å². The minimum Gasteiger partial charge on any atom is -0.368 e. The van der Waals surface area contributed by atoms with Gasteiger partial charge < -0.3 is 16.8 Å². The van der Waals surface area contributed by atoms with Gasteiger partial charge in [0.1, 0.15) is 6.04 Å². The Morgan fingerprint density at radius 3 is 2.29 bits per heavy atom. The molecule has 6 heteroatoms. The fourth-order valence-electron chi connectivity index (χ4n) is 1.02. The van der Waals surface area contributed by atoms with E-state index in [1.807, 2.05) is 0 Å². The lowest BCUT2D eigenvalue weighted by Gasteiger charge is -2.13. The minimum atomic E-state index is -0.552. The number of primary amides is 1. The molecule has 1 atom stereocenters. The number of halogens is 1. The highest BCUT2D eigenvalue weighted by Crippen LogP contribution is 1.99. The third-order valence-corrected chi connectivity index (χ3v) is 1.67. The highest BCUT2D eigenvalue weighted by atomic mass is 35.5. The number of nitrogens with two attached hydrogens (primary N) is 2.